The second-order valence-corrected chi connectivity index (χ2v) is 9.66. The van der Waals surface area contributed by atoms with Crippen LogP contribution in [0.5, 0.6) is 0 Å². The third kappa shape index (κ3) is 4.71. The minimum atomic E-state index is -3.44. The average molecular weight is 373 g/mol. The van der Waals surface area contributed by atoms with Crippen molar-refractivity contribution in [2.75, 3.05) is 37.7 Å². The molecule has 1 unspecified atom stereocenters. The van der Waals surface area contributed by atoms with Crippen molar-refractivity contribution in [3.05, 3.63) is 35.6 Å². The summed E-state index contributed by atoms with van der Waals surface area (Å²) in [5.41, 5.74) is 0.520. The number of rotatable bonds is 5. The highest BCUT2D eigenvalue weighted by molar-refractivity contribution is 7.99. The van der Waals surface area contributed by atoms with Crippen LogP contribution in [0, 0.1) is 5.82 Å². The van der Waals surface area contributed by atoms with Crippen molar-refractivity contribution < 1.29 is 12.8 Å². The number of benzene rings is 1. The molecule has 0 bridgehead atoms. The average Bonchev–Trinajstić information content (AvgIpc) is 2.90. The first-order chi connectivity index (χ1) is 11.5. The standard InChI is InChI=1S/C17H25FN2O2S2/c18-16-6-3-5-15(11-16)14-24(21,22)20-9-4-10-23-13-17(20)12-19-7-1-2-8-19/h3,5-6,11,17H,1-2,4,7-10,12-14H2. The SMILES string of the molecule is O=S(=O)(Cc1cccc(F)c1)N1CCCSCC1CN1CCCC1. The molecule has 1 atom stereocenters. The summed E-state index contributed by atoms with van der Waals surface area (Å²) in [4.78, 5) is 2.38. The first kappa shape index (κ1) is 18.2. The summed E-state index contributed by atoms with van der Waals surface area (Å²) in [7, 11) is -3.44. The van der Waals surface area contributed by atoms with Crippen molar-refractivity contribution in [1.82, 2.24) is 9.21 Å². The second-order valence-electron chi connectivity index (χ2n) is 6.59. The topological polar surface area (TPSA) is 40.6 Å². The summed E-state index contributed by atoms with van der Waals surface area (Å²) in [6.07, 6.45) is 3.29. The van der Waals surface area contributed by atoms with Gasteiger partial charge in [-0.1, -0.05) is 12.1 Å². The lowest BCUT2D eigenvalue weighted by atomic mass is 10.2. The van der Waals surface area contributed by atoms with Gasteiger partial charge in [0, 0.05) is 24.9 Å². The number of thioether (sulfide) groups is 1. The summed E-state index contributed by atoms with van der Waals surface area (Å²) in [5.74, 6) is 1.34. The molecule has 2 fully saturated rings. The van der Waals surface area contributed by atoms with Gasteiger partial charge in [-0.25, -0.2) is 12.8 Å². The molecule has 2 saturated heterocycles. The van der Waals surface area contributed by atoms with Gasteiger partial charge < -0.3 is 4.90 Å². The molecule has 3 rings (SSSR count). The lowest BCUT2D eigenvalue weighted by Crippen LogP contribution is -2.47. The van der Waals surface area contributed by atoms with Crippen molar-refractivity contribution in [2.45, 2.75) is 31.1 Å². The van der Waals surface area contributed by atoms with Gasteiger partial charge in [0.05, 0.1) is 5.75 Å². The Morgan fingerprint density at radius 1 is 1.17 bits per heavy atom. The predicted molar refractivity (Wildman–Crippen MR) is 97.1 cm³/mol. The van der Waals surface area contributed by atoms with Gasteiger partial charge in [0.15, 0.2) is 0 Å². The molecule has 2 aliphatic rings. The van der Waals surface area contributed by atoms with E-state index in [1.165, 1.54) is 25.0 Å². The van der Waals surface area contributed by atoms with Gasteiger partial charge in [0.1, 0.15) is 5.82 Å². The summed E-state index contributed by atoms with van der Waals surface area (Å²) in [5, 5.41) is 0. The van der Waals surface area contributed by atoms with Crippen molar-refractivity contribution in [3.8, 4) is 0 Å². The predicted octanol–water partition coefficient (Wildman–Crippen LogP) is 2.56. The quantitative estimate of drug-likeness (QED) is 0.797. The summed E-state index contributed by atoms with van der Waals surface area (Å²) in [6.45, 7) is 3.52. The van der Waals surface area contributed by atoms with Gasteiger partial charge in [-0.05, 0) is 55.8 Å². The Labute approximate surface area is 148 Å². The van der Waals surface area contributed by atoms with Gasteiger partial charge in [-0.2, -0.15) is 16.1 Å². The van der Waals surface area contributed by atoms with E-state index in [9.17, 15) is 12.8 Å². The lowest BCUT2D eigenvalue weighted by molar-refractivity contribution is 0.243. The number of hydrogen-bond acceptors (Lipinski definition) is 4. The molecule has 134 valence electrons. The van der Waals surface area contributed by atoms with Crippen LogP contribution in [-0.2, 0) is 15.8 Å². The van der Waals surface area contributed by atoms with Gasteiger partial charge in [-0.15, -0.1) is 0 Å². The first-order valence-electron chi connectivity index (χ1n) is 8.59. The third-order valence-electron chi connectivity index (χ3n) is 4.65. The fraction of sp³-hybridized carbons (Fsp3) is 0.647. The fourth-order valence-electron chi connectivity index (χ4n) is 3.50. The van der Waals surface area contributed by atoms with E-state index in [-0.39, 0.29) is 17.6 Å². The molecule has 0 N–H and O–H groups in total. The van der Waals surface area contributed by atoms with Gasteiger partial charge >= 0.3 is 0 Å². The number of halogens is 1. The van der Waals surface area contributed by atoms with E-state index >= 15 is 0 Å². The van der Waals surface area contributed by atoms with Crippen molar-refractivity contribution in [2.24, 2.45) is 0 Å². The number of nitrogens with zero attached hydrogens (tertiary/aromatic N) is 2. The Morgan fingerprint density at radius 2 is 1.96 bits per heavy atom. The molecule has 0 spiro atoms. The highest BCUT2D eigenvalue weighted by atomic mass is 32.2. The van der Waals surface area contributed by atoms with Crippen LogP contribution in [0.15, 0.2) is 24.3 Å². The number of hydrogen-bond donors (Lipinski definition) is 0. The number of likely N-dealkylation sites (tertiary alicyclic amines) is 1. The molecule has 1 aromatic rings. The number of sulfonamides is 1. The molecule has 24 heavy (non-hydrogen) atoms. The Bertz CT molecular complexity index is 648. The Kier molecular flexibility index (Phi) is 6.18. The van der Waals surface area contributed by atoms with E-state index in [0.717, 1.165) is 37.6 Å². The van der Waals surface area contributed by atoms with E-state index in [4.69, 9.17) is 0 Å². The second kappa shape index (κ2) is 8.17. The minimum Gasteiger partial charge on any atom is -0.302 e. The van der Waals surface area contributed by atoms with E-state index in [1.54, 1.807) is 16.4 Å². The summed E-state index contributed by atoms with van der Waals surface area (Å²) < 4.78 is 41.0. The normalized spacial score (nSPS) is 24.1. The molecule has 2 heterocycles. The molecule has 7 heteroatoms. The molecule has 1 aromatic carbocycles. The largest absolute Gasteiger partial charge is 0.302 e. The molecule has 0 aliphatic carbocycles. The molecule has 0 saturated carbocycles. The van der Waals surface area contributed by atoms with Gasteiger partial charge in [-0.3, -0.25) is 0 Å². The van der Waals surface area contributed by atoms with Gasteiger partial charge in [0.2, 0.25) is 10.0 Å². The Hall–Kier alpha value is -0.630. The molecule has 0 radical (unpaired) electrons. The van der Waals surface area contributed by atoms with Crippen LogP contribution in [0.2, 0.25) is 0 Å². The lowest BCUT2D eigenvalue weighted by Gasteiger charge is -2.31. The van der Waals surface area contributed by atoms with Crippen LogP contribution in [-0.4, -0.2) is 61.3 Å². The van der Waals surface area contributed by atoms with Crippen LogP contribution < -0.4 is 0 Å². The monoisotopic (exact) mass is 372 g/mol. The molecule has 4 nitrogen and oxygen atoms in total. The van der Waals surface area contributed by atoms with E-state index in [0.29, 0.717) is 12.1 Å². The Balaban J connectivity index is 1.76. The smallest absolute Gasteiger partial charge is 0.218 e. The zero-order chi connectivity index (χ0) is 17.0. The zero-order valence-corrected chi connectivity index (χ0v) is 15.5. The maximum Gasteiger partial charge on any atom is 0.218 e. The van der Waals surface area contributed by atoms with Crippen LogP contribution in [0.4, 0.5) is 4.39 Å². The molecular formula is C17H25FN2O2S2. The van der Waals surface area contributed by atoms with E-state index < -0.39 is 10.0 Å². The highest BCUT2D eigenvalue weighted by Gasteiger charge is 2.33. The van der Waals surface area contributed by atoms with Crippen molar-refractivity contribution in [3.63, 3.8) is 0 Å². The van der Waals surface area contributed by atoms with Crippen LogP contribution >= 0.6 is 11.8 Å². The fourth-order valence-corrected chi connectivity index (χ4v) is 6.42. The van der Waals surface area contributed by atoms with Crippen LogP contribution in [0.1, 0.15) is 24.8 Å². The maximum absolute atomic E-state index is 13.4. The van der Waals surface area contributed by atoms with Crippen molar-refractivity contribution >= 4 is 21.8 Å². The summed E-state index contributed by atoms with van der Waals surface area (Å²) >= 11 is 1.84. The van der Waals surface area contributed by atoms with Crippen molar-refractivity contribution in [1.29, 1.82) is 0 Å². The highest BCUT2D eigenvalue weighted by Crippen LogP contribution is 2.24. The maximum atomic E-state index is 13.4. The van der Waals surface area contributed by atoms with Gasteiger partial charge in [0.25, 0.3) is 0 Å². The zero-order valence-electron chi connectivity index (χ0n) is 13.9. The molecular weight excluding hydrogens is 347 g/mol. The Morgan fingerprint density at radius 3 is 2.71 bits per heavy atom. The summed E-state index contributed by atoms with van der Waals surface area (Å²) in [6, 6.07) is 5.94. The third-order valence-corrected chi connectivity index (χ3v) is 7.74. The first-order valence-corrected chi connectivity index (χ1v) is 11.3. The van der Waals surface area contributed by atoms with E-state index in [2.05, 4.69) is 4.90 Å². The molecule has 0 aromatic heterocycles. The van der Waals surface area contributed by atoms with Crippen LogP contribution in [0.25, 0.3) is 0 Å². The molecule has 0 amide bonds. The van der Waals surface area contributed by atoms with Crippen LogP contribution in [0.3, 0.4) is 0 Å². The molecule has 2 aliphatic heterocycles. The van der Waals surface area contributed by atoms with E-state index in [1.807, 2.05) is 11.8 Å². The minimum absolute atomic E-state index is 0.0224.